The number of anilines is 3. The molecule has 1 atom stereocenters. The third kappa shape index (κ3) is 5.18. The van der Waals surface area contributed by atoms with Crippen molar-refractivity contribution in [1.82, 2.24) is 19.9 Å². The number of fused-ring (bicyclic) bond motifs is 2. The molecular formula is C34H36N6O3. The van der Waals surface area contributed by atoms with Crippen LogP contribution in [0.2, 0.25) is 0 Å². The van der Waals surface area contributed by atoms with Crippen molar-refractivity contribution in [3.05, 3.63) is 87.8 Å². The highest BCUT2D eigenvalue weighted by molar-refractivity contribution is 5.99. The number of nitrogens with zero attached hydrogens (tertiary/aromatic N) is 4. The number of piperidine rings is 1. The summed E-state index contributed by atoms with van der Waals surface area (Å²) >= 11 is 0. The monoisotopic (exact) mass is 576 g/mol. The van der Waals surface area contributed by atoms with Crippen LogP contribution in [0.25, 0.3) is 16.6 Å². The molecule has 0 radical (unpaired) electrons. The maximum Gasteiger partial charge on any atom is 0.260 e. The number of hydrogen-bond acceptors (Lipinski definition) is 7. The van der Waals surface area contributed by atoms with Crippen molar-refractivity contribution >= 4 is 39.8 Å². The molecule has 2 aliphatic heterocycles. The third-order valence-corrected chi connectivity index (χ3v) is 8.98. The second kappa shape index (κ2) is 11.3. The minimum absolute atomic E-state index is 0.131. The van der Waals surface area contributed by atoms with Crippen molar-refractivity contribution in [3.8, 4) is 5.75 Å². The fraction of sp³-hybridized carbons (Fsp3) is 0.353. The van der Waals surface area contributed by atoms with E-state index >= 15 is 0 Å². The normalized spacial score (nSPS) is 19.2. The summed E-state index contributed by atoms with van der Waals surface area (Å²) in [6, 6.07) is 16.8. The van der Waals surface area contributed by atoms with Gasteiger partial charge in [0.15, 0.2) is 0 Å². The number of carbonyl (C=O) groups is 1. The summed E-state index contributed by atoms with van der Waals surface area (Å²) in [6.45, 7) is 4.05. The number of para-hydroxylation sites is 1. The van der Waals surface area contributed by atoms with Gasteiger partial charge in [0, 0.05) is 42.0 Å². The van der Waals surface area contributed by atoms with Gasteiger partial charge in [0.05, 0.1) is 0 Å². The number of benzene rings is 2. The molecule has 1 saturated heterocycles. The number of allylic oxidation sites excluding steroid dienone is 2. The first-order valence-corrected chi connectivity index (χ1v) is 15.2. The van der Waals surface area contributed by atoms with Crippen molar-refractivity contribution in [2.75, 3.05) is 30.4 Å². The Morgan fingerprint density at radius 3 is 2.58 bits per heavy atom. The number of pyridine rings is 1. The Bertz CT molecular complexity index is 1790. The van der Waals surface area contributed by atoms with Gasteiger partial charge in [-0.1, -0.05) is 23.8 Å². The Kier molecular flexibility index (Phi) is 7.18. The SMILES string of the molecule is CC1=C(c2cc3cnc(Nc4ccc(OC5CCNCC5)cc4)nc3n(C3Cc4ccccc4N(C)C3=O)c2=O)CCC1. The number of nitrogens with one attached hydrogen (secondary N) is 2. The first kappa shape index (κ1) is 27.3. The first-order valence-electron chi connectivity index (χ1n) is 15.2. The van der Waals surface area contributed by atoms with Gasteiger partial charge in [0.1, 0.15) is 23.5 Å². The van der Waals surface area contributed by atoms with Gasteiger partial charge in [-0.2, -0.15) is 4.98 Å². The molecule has 2 N–H and O–H groups in total. The number of rotatable bonds is 6. The third-order valence-electron chi connectivity index (χ3n) is 8.98. The number of carbonyl (C=O) groups excluding carboxylic acids is 1. The lowest BCUT2D eigenvalue weighted by atomic mass is 9.96. The Morgan fingerprint density at radius 2 is 1.81 bits per heavy atom. The molecule has 0 spiro atoms. The van der Waals surface area contributed by atoms with Gasteiger partial charge in [-0.3, -0.25) is 14.2 Å². The Hall–Kier alpha value is -4.50. The maximum absolute atomic E-state index is 14.3. The van der Waals surface area contributed by atoms with Crippen LogP contribution in [0.4, 0.5) is 17.3 Å². The van der Waals surface area contributed by atoms with Crippen LogP contribution in [-0.2, 0) is 11.2 Å². The highest BCUT2D eigenvalue weighted by Gasteiger charge is 2.34. The highest BCUT2D eigenvalue weighted by atomic mass is 16.5. The van der Waals surface area contributed by atoms with Crippen LogP contribution in [0.1, 0.15) is 56.2 Å². The van der Waals surface area contributed by atoms with E-state index in [1.165, 1.54) is 5.57 Å². The second-order valence-electron chi connectivity index (χ2n) is 11.8. The lowest BCUT2D eigenvalue weighted by molar-refractivity contribution is -0.121. The number of ether oxygens (including phenoxy) is 1. The summed E-state index contributed by atoms with van der Waals surface area (Å²) in [7, 11) is 1.77. The molecule has 1 amide bonds. The van der Waals surface area contributed by atoms with Gasteiger partial charge in [-0.15, -0.1) is 0 Å². The lowest BCUT2D eigenvalue weighted by Gasteiger charge is -2.33. The maximum atomic E-state index is 14.3. The molecule has 0 bridgehead atoms. The number of likely N-dealkylation sites (N-methyl/N-ethyl adjacent to an activating group) is 1. The van der Waals surface area contributed by atoms with Gasteiger partial charge in [-0.25, -0.2) is 4.98 Å². The predicted molar refractivity (Wildman–Crippen MR) is 169 cm³/mol. The van der Waals surface area contributed by atoms with Crippen LogP contribution in [0.15, 0.2) is 71.2 Å². The molecule has 1 fully saturated rings. The molecule has 9 nitrogen and oxygen atoms in total. The van der Waals surface area contributed by atoms with E-state index in [1.54, 1.807) is 22.7 Å². The van der Waals surface area contributed by atoms with Crippen molar-refractivity contribution in [2.24, 2.45) is 0 Å². The number of hydrogen-bond donors (Lipinski definition) is 2. The zero-order valence-corrected chi connectivity index (χ0v) is 24.6. The van der Waals surface area contributed by atoms with E-state index in [-0.39, 0.29) is 17.6 Å². The zero-order valence-electron chi connectivity index (χ0n) is 24.6. The fourth-order valence-corrected chi connectivity index (χ4v) is 6.65. The standard InChI is InChI=1S/C34H36N6O3/c1-21-6-5-8-27(21)28-18-23-20-36-34(37-24-10-12-25(13-11-24)43-26-14-16-35-17-15-26)38-31(23)40(32(28)41)30-19-22-7-3-4-9-29(22)39(2)33(30)42/h3-4,7,9-13,18,20,26,30,35H,5-6,8,14-17,19H2,1-2H3,(H,36,37,38). The van der Waals surface area contributed by atoms with Crippen molar-refractivity contribution < 1.29 is 9.53 Å². The van der Waals surface area contributed by atoms with Gasteiger partial charge in [0.25, 0.3) is 5.56 Å². The highest BCUT2D eigenvalue weighted by Crippen LogP contribution is 2.36. The molecule has 4 heterocycles. The Balaban J connectivity index is 1.27. The second-order valence-corrected chi connectivity index (χ2v) is 11.8. The molecule has 0 saturated carbocycles. The quantitative estimate of drug-likeness (QED) is 0.318. The van der Waals surface area contributed by atoms with Gasteiger partial charge < -0.3 is 20.3 Å². The number of aromatic nitrogens is 3. The molecular weight excluding hydrogens is 540 g/mol. The summed E-state index contributed by atoms with van der Waals surface area (Å²) in [6.07, 6.45) is 7.24. The molecule has 4 aromatic rings. The van der Waals surface area contributed by atoms with Gasteiger partial charge in [-0.05, 0) is 99.7 Å². The molecule has 1 aliphatic carbocycles. The smallest absolute Gasteiger partial charge is 0.260 e. The van der Waals surface area contributed by atoms with Crippen molar-refractivity contribution in [2.45, 2.75) is 57.6 Å². The van der Waals surface area contributed by atoms with Crippen LogP contribution in [0.3, 0.4) is 0 Å². The average Bonchev–Trinajstić information content (AvgIpc) is 3.46. The lowest BCUT2D eigenvalue weighted by Crippen LogP contribution is -2.43. The summed E-state index contributed by atoms with van der Waals surface area (Å²) in [4.78, 5) is 39.2. The van der Waals surface area contributed by atoms with E-state index in [0.717, 1.165) is 78.8 Å². The van der Waals surface area contributed by atoms with Gasteiger partial charge in [0.2, 0.25) is 11.9 Å². The summed E-state index contributed by atoms with van der Waals surface area (Å²) < 4.78 is 7.75. The summed E-state index contributed by atoms with van der Waals surface area (Å²) in [5, 5.41) is 7.37. The first-order chi connectivity index (χ1) is 21.0. The zero-order chi connectivity index (χ0) is 29.5. The summed E-state index contributed by atoms with van der Waals surface area (Å²) in [5.41, 5.74) is 5.91. The van der Waals surface area contributed by atoms with E-state index < -0.39 is 6.04 Å². The van der Waals surface area contributed by atoms with Crippen LogP contribution in [0.5, 0.6) is 5.75 Å². The van der Waals surface area contributed by atoms with E-state index in [9.17, 15) is 9.59 Å². The van der Waals surface area contributed by atoms with Crippen molar-refractivity contribution in [1.29, 1.82) is 0 Å². The molecule has 3 aliphatic rings. The van der Waals surface area contributed by atoms with E-state index in [1.807, 2.05) is 54.6 Å². The fourth-order valence-electron chi connectivity index (χ4n) is 6.65. The van der Waals surface area contributed by atoms with Crippen LogP contribution in [0, 0.1) is 0 Å². The van der Waals surface area contributed by atoms with E-state index in [0.29, 0.717) is 23.6 Å². The Morgan fingerprint density at radius 1 is 1.02 bits per heavy atom. The molecule has 7 rings (SSSR count). The average molecular weight is 577 g/mol. The number of amides is 1. The van der Waals surface area contributed by atoms with Gasteiger partial charge >= 0.3 is 0 Å². The molecule has 9 heteroatoms. The largest absolute Gasteiger partial charge is 0.490 e. The molecule has 2 aromatic heterocycles. The molecule has 1 unspecified atom stereocenters. The van der Waals surface area contributed by atoms with Crippen molar-refractivity contribution in [3.63, 3.8) is 0 Å². The van der Waals surface area contributed by atoms with Crippen LogP contribution in [-0.4, -0.2) is 46.7 Å². The molecule has 2 aromatic carbocycles. The van der Waals surface area contributed by atoms with Crippen LogP contribution >= 0.6 is 0 Å². The predicted octanol–water partition coefficient (Wildman–Crippen LogP) is 5.38. The van der Waals surface area contributed by atoms with E-state index in [4.69, 9.17) is 9.72 Å². The topological polar surface area (TPSA) is 101 Å². The Labute approximate surface area is 250 Å². The van der Waals surface area contributed by atoms with E-state index in [2.05, 4.69) is 22.5 Å². The minimum atomic E-state index is -0.716. The molecule has 43 heavy (non-hydrogen) atoms. The minimum Gasteiger partial charge on any atom is -0.490 e. The van der Waals surface area contributed by atoms with Crippen LogP contribution < -0.4 is 25.8 Å². The molecule has 220 valence electrons. The summed E-state index contributed by atoms with van der Waals surface area (Å²) in [5.74, 6) is 1.05.